The largest absolute Gasteiger partial charge is 0.436 e. The van der Waals surface area contributed by atoms with E-state index in [0.717, 1.165) is 0 Å². The third kappa shape index (κ3) is 2.88. The predicted molar refractivity (Wildman–Crippen MR) is 94.9 cm³/mol. The minimum Gasteiger partial charge on any atom is -0.436 e. The molecule has 0 radical (unpaired) electrons. The lowest BCUT2D eigenvalue weighted by Crippen LogP contribution is -2.68. The molecule has 2 fully saturated rings. The van der Waals surface area contributed by atoms with Gasteiger partial charge < -0.3 is 14.8 Å². The molecule has 9 heteroatoms. The number of guanidine groups is 1. The zero-order valence-corrected chi connectivity index (χ0v) is 15.0. The van der Waals surface area contributed by atoms with Gasteiger partial charge in [0.05, 0.1) is 12.5 Å². The quantitative estimate of drug-likeness (QED) is 0.843. The number of amides is 1. The highest BCUT2D eigenvalue weighted by atomic mass is 19.1. The van der Waals surface area contributed by atoms with Gasteiger partial charge in [0.2, 0.25) is 5.91 Å². The van der Waals surface area contributed by atoms with E-state index in [1.165, 1.54) is 48.5 Å². The van der Waals surface area contributed by atoms with Crippen molar-refractivity contribution in [1.82, 2.24) is 15.2 Å². The molecule has 2 aliphatic rings. The number of nitrogens with zero attached hydrogens (tertiary/aromatic N) is 2. The van der Waals surface area contributed by atoms with E-state index in [9.17, 15) is 13.6 Å². The van der Waals surface area contributed by atoms with Gasteiger partial charge in [-0.15, -0.1) is 0 Å². The molecule has 2 saturated heterocycles. The Hall–Kier alpha value is -3.07. The summed E-state index contributed by atoms with van der Waals surface area (Å²) in [5.41, 5.74) is -1.12. The third-order valence-corrected chi connectivity index (χ3v) is 5.14. The Bertz CT molecular complexity index is 955. The van der Waals surface area contributed by atoms with E-state index >= 15 is 0 Å². The van der Waals surface area contributed by atoms with Crippen molar-refractivity contribution >= 4 is 11.9 Å². The molecule has 1 aromatic carbocycles. The molecule has 4 rings (SSSR count). The van der Waals surface area contributed by atoms with Crippen LogP contribution in [0.3, 0.4) is 0 Å². The Labute approximate surface area is 159 Å². The normalized spacial score (nSPS) is 24.5. The van der Waals surface area contributed by atoms with Gasteiger partial charge in [0.1, 0.15) is 17.1 Å². The predicted octanol–water partition coefficient (Wildman–Crippen LogP) is 2.38. The summed E-state index contributed by atoms with van der Waals surface area (Å²) in [5, 5.41) is 11.0. The summed E-state index contributed by atoms with van der Waals surface area (Å²) >= 11 is 0. The molecule has 0 saturated carbocycles. The average molecular weight is 388 g/mol. The molecule has 0 spiro atoms. The molecule has 1 aromatic heterocycles. The number of hydrogen-bond acceptors (Lipinski definition) is 5. The van der Waals surface area contributed by atoms with Gasteiger partial charge >= 0.3 is 0 Å². The lowest BCUT2D eigenvalue weighted by Gasteiger charge is -2.49. The number of rotatable bonds is 3. The Morgan fingerprint density at radius 3 is 2.96 bits per heavy atom. The van der Waals surface area contributed by atoms with E-state index in [0.29, 0.717) is 13.0 Å². The number of carbonyl (C=O) groups excluding carboxylic acids is 1. The van der Waals surface area contributed by atoms with Crippen LogP contribution in [0.25, 0.3) is 0 Å². The number of halogens is 2. The summed E-state index contributed by atoms with van der Waals surface area (Å²) < 4.78 is 39.7. The second-order valence-electron chi connectivity index (χ2n) is 6.77. The zero-order chi connectivity index (χ0) is 19.9. The summed E-state index contributed by atoms with van der Waals surface area (Å²) in [6, 6.07) is 6.56. The Morgan fingerprint density at radius 2 is 2.18 bits per heavy atom. The fraction of sp³-hybridized carbons (Fsp3) is 0.316. The summed E-state index contributed by atoms with van der Waals surface area (Å²) in [4.78, 5) is 17.8. The molecule has 1 amide bonds. The topological polar surface area (TPSA) is 87.5 Å². The SMILES string of the molecule is CN1C(=N)N[C@@]2(c3cc(Oc4ncccc4F)ccc3F)COCC[C@H]2C1=O. The molecule has 3 heterocycles. The van der Waals surface area contributed by atoms with Crippen molar-refractivity contribution in [3.05, 3.63) is 53.7 Å². The number of carbonyl (C=O) groups is 1. The molecule has 146 valence electrons. The molecular weight excluding hydrogens is 370 g/mol. The summed E-state index contributed by atoms with van der Waals surface area (Å²) in [6.45, 7) is 0.371. The van der Waals surface area contributed by atoms with Crippen LogP contribution in [0.5, 0.6) is 11.6 Å². The van der Waals surface area contributed by atoms with E-state index in [2.05, 4.69) is 10.3 Å². The first kappa shape index (κ1) is 18.3. The molecule has 2 atom stereocenters. The van der Waals surface area contributed by atoms with Crippen molar-refractivity contribution < 1.29 is 23.0 Å². The molecule has 7 nitrogen and oxygen atoms in total. The van der Waals surface area contributed by atoms with Crippen molar-refractivity contribution in [1.29, 1.82) is 5.41 Å². The van der Waals surface area contributed by atoms with Crippen molar-refractivity contribution in [2.24, 2.45) is 5.92 Å². The van der Waals surface area contributed by atoms with Gasteiger partial charge in [-0.1, -0.05) is 0 Å². The fourth-order valence-corrected chi connectivity index (χ4v) is 3.68. The van der Waals surface area contributed by atoms with Gasteiger partial charge in [0.15, 0.2) is 11.8 Å². The first-order chi connectivity index (χ1) is 13.4. The van der Waals surface area contributed by atoms with E-state index < -0.39 is 23.1 Å². The first-order valence-corrected chi connectivity index (χ1v) is 8.73. The van der Waals surface area contributed by atoms with Crippen LogP contribution in [0.1, 0.15) is 12.0 Å². The smallest absolute Gasteiger partial charge is 0.255 e. The maximum atomic E-state index is 14.9. The highest BCUT2D eigenvalue weighted by molar-refractivity contribution is 6.00. The van der Waals surface area contributed by atoms with Crippen LogP contribution in [0.4, 0.5) is 8.78 Å². The molecule has 2 aromatic rings. The highest BCUT2D eigenvalue weighted by Gasteiger charge is 2.53. The summed E-state index contributed by atoms with van der Waals surface area (Å²) in [5.74, 6) is -2.36. The van der Waals surface area contributed by atoms with E-state index in [1.54, 1.807) is 0 Å². The van der Waals surface area contributed by atoms with Gasteiger partial charge in [-0.25, -0.2) is 13.8 Å². The van der Waals surface area contributed by atoms with Crippen LogP contribution in [0, 0.1) is 23.0 Å². The highest BCUT2D eigenvalue weighted by Crippen LogP contribution is 2.41. The van der Waals surface area contributed by atoms with Gasteiger partial charge in [0.25, 0.3) is 5.88 Å². The maximum Gasteiger partial charge on any atom is 0.255 e. The van der Waals surface area contributed by atoms with Crippen LogP contribution >= 0.6 is 0 Å². The minimum absolute atomic E-state index is 0.0119. The van der Waals surface area contributed by atoms with Crippen LogP contribution in [0.15, 0.2) is 36.5 Å². The van der Waals surface area contributed by atoms with Gasteiger partial charge in [0, 0.05) is 25.4 Å². The van der Waals surface area contributed by atoms with Crippen LogP contribution in [-0.2, 0) is 15.1 Å². The second-order valence-corrected chi connectivity index (χ2v) is 6.77. The van der Waals surface area contributed by atoms with Crippen molar-refractivity contribution in [2.45, 2.75) is 12.0 Å². The minimum atomic E-state index is -1.24. The number of benzene rings is 1. The number of pyridine rings is 1. The van der Waals surface area contributed by atoms with Gasteiger partial charge in [-0.2, -0.15) is 0 Å². The molecular formula is C19H18F2N4O3. The number of hydrogen-bond donors (Lipinski definition) is 2. The monoisotopic (exact) mass is 388 g/mol. The zero-order valence-electron chi connectivity index (χ0n) is 15.0. The summed E-state index contributed by atoms with van der Waals surface area (Å²) in [7, 11) is 1.50. The van der Waals surface area contributed by atoms with E-state index in [1.807, 2.05) is 0 Å². The van der Waals surface area contributed by atoms with E-state index in [4.69, 9.17) is 14.9 Å². The second kappa shape index (κ2) is 6.83. The number of ether oxygens (including phenoxy) is 2. The Balaban J connectivity index is 1.77. The van der Waals surface area contributed by atoms with Crippen molar-refractivity contribution in [3.8, 4) is 11.6 Å². The number of nitrogens with one attached hydrogen (secondary N) is 2. The standard InChI is InChI=1S/C19H18F2N4O3/c1-25-17(26)12-6-8-27-10-19(12,24-18(25)22)13-9-11(4-5-14(13)20)28-16-15(21)3-2-7-23-16/h2-5,7,9,12H,6,8,10H2,1H3,(H2,22,24)/t12-,19-/m0/s1. The van der Waals surface area contributed by atoms with Crippen molar-refractivity contribution in [3.63, 3.8) is 0 Å². The Kier molecular flexibility index (Phi) is 4.46. The molecule has 0 aliphatic carbocycles. The molecule has 2 N–H and O–H groups in total. The molecule has 0 unspecified atom stereocenters. The lowest BCUT2D eigenvalue weighted by molar-refractivity contribution is -0.143. The fourth-order valence-electron chi connectivity index (χ4n) is 3.68. The number of aromatic nitrogens is 1. The van der Waals surface area contributed by atoms with Gasteiger partial charge in [-0.05, 0) is 36.8 Å². The Morgan fingerprint density at radius 1 is 1.36 bits per heavy atom. The number of fused-ring (bicyclic) bond motifs is 1. The van der Waals surface area contributed by atoms with E-state index in [-0.39, 0.29) is 35.7 Å². The van der Waals surface area contributed by atoms with Gasteiger partial charge in [-0.3, -0.25) is 15.1 Å². The third-order valence-electron chi connectivity index (χ3n) is 5.14. The first-order valence-electron chi connectivity index (χ1n) is 8.73. The molecule has 0 bridgehead atoms. The van der Waals surface area contributed by atoms with Crippen LogP contribution < -0.4 is 10.1 Å². The van der Waals surface area contributed by atoms with Crippen LogP contribution in [0.2, 0.25) is 0 Å². The lowest BCUT2D eigenvalue weighted by atomic mass is 9.73. The maximum absolute atomic E-state index is 14.9. The average Bonchev–Trinajstić information content (AvgIpc) is 2.69. The van der Waals surface area contributed by atoms with Crippen LogP contribution in [-0.4, -0.2) is 42.0 Å². The molecule has 28 heavy (non-hydrogen) atoms. The van der Waals surface area contributed by atoms with Crippen molar-refractivity contribution in [2.75, 3.05) is 20.3 Å². The summed E-state index contributed by atoms with van der Waals surface area (Å²) in [6.07, 6.45) is 1.76. The molecule has 2 aliphatic heterocycles.